The van der Waals surface area contributed by atoms with Crippen LogP contribution in [0.4, 0.5) is 4.39 Å². The van der Waals surface area contributed by atoms with Crippen LogP contribution in [-0.4, -0.2) is 11.2 Å². The Kier molecular flexibility index (Phi) is 5.15. The van der Waals surface area contributed by atoms with Crippen LogP contribution in [0.2, 0.25) is 0 Å². The van der Waals surface area contributed by atoms with Crippen molar-refractivity contribution in [3.05, 3.63) is 59.7 Å². The molecule has 1 aromatic heterocycles. The van der Waals surface area contributed by atoms with Crippen LogP contribution >= 0.6 is 11.8 Å². The summed E-state index contributed by atoms with van der Waals surface area (Å²) in [6, 6.07) is 12.0. The molecule has 0 saturated heterocycles. The number of hydrogen-bond donors (Lipinski definition) is 1. The minimum absolute atomic E-state index is 0.0748. The van der Waals surface area contributed by atoms with E-state index in [2.05, 4.69) is 47.7 Å². The van der Waals surface area contributed by atoms with Crippen molar-refractivity contribution in [1.29, 1.82) is 0 Å². The first-order valence-electron chi connectivity index (χ1n) is 6.61. The monoisotopic (exact) mass is 290 g/mol. The van der Waals surface area contributed by atoms with Crippen molar-refractivity contribution < 1.29 is 4.39 Å². The number of nitrogens with zero attached hydrogens (tertiary/aromatic N) is 1. The Morgan fingerprint density at radius 2 is 1.75 bits per heavy atom. The van der Waals surface area contributed by atoms with Crippen molar-refractivity contribution >= 4 is 11.8 Å². The Morgan fingerprint density at radius 3 is 2.30 bits per heavy atom. The van der Waals surface area contributed by atoms with Crippen LogP contribution in [0.3, 0.4) is 0 Å². The molecule has 2 nitrogen and oxygen atoms in total. The maximum absolute atomic E-state index is 12.9. The SMILES string of the molecule is CSc1ccc(C(C)NC(C)c2ccc(F)cn2)cc1. The lowest BCUT2D eigenvalue weighted by Gasteiger charge is -2.20. The predicted molar refractivity (Wildman–Crippen MR) is 82.4 cm³/mol. The quantitative estimate of drug-likeness (QED) is 0.828. The molecule has 0 saturated carbocycles. The van der Waals surface area contributed by atoms with Gasteiger partial charge in [0.1, 0.15) is 5.82 Å². The largest absolute Gasteiger partial charge is 0.302 e. The molecule has 2 atom stereocenters. The summed E-state index contributed by atoms with van der Waals surface area (Å²) < 4.78 is 12.9. The third-order valence-electron chi connectivity index (χ3n) is 3.31. The highest BCUT2D eigenvalue weighted by molar-refractivity contribution is 7.98. The molecule has 0 aliphatic rings. The first kappa shape index (κ1) is 15.0. The summed E-state index contributed by atoms with van der Waals surface area (Å²) in [6.45, 7) is 4.15. The molecule has 4 heteroatoms. The molecular weight excluding hydrogens is 271 g/mol. The molecule has 0 spiro atoms. The van der Waals surface area contributed by atoms with Gasteiger partial charge in [0.25, 0.3) is 0 Å². The van der Waals surface area contributed by atoms with E-state index in [4.69, 9.17) is 0 Å². The van der Waals surface area contributed by atoms with Crippen LogP contribution in [0.1, 0.15) is 37.2 Å². The van der Waals surface area contributed by atoms with E-state index < -0.39 is 0 Å². The second-order valence-electron chi connectivity index (χ2n) is 4.78. The number of pyridine rings is 1. The summed E-state index contributed by atoms with van der Waals surface area (Å²) in [4.78, 5) is 5.37. The predicted octanol–water partition coefficient (Wildman–Crippen LogP) is 4.35. The molecule has 2 aromatic rings. The fourth-order valence-electron chi connectivity index (χ4n) is 2.09. The third kappa shape index (κ3) is 3.81. The fourth-order valence-corrected chi connectivity index (χ4v) is 2.50. The number of aromatic nitrogens is 1. The van der Waals surface area contributed by atoms with E-state index in [0.29, 0.717) is 0 Å². The molecule has 1 heterocycles. The average molecular weight is 290 g/mol. The number of rotatable bonds is 5. The van der Waals surface area contributed by atoms with Gasteiger partial charge in [0.15, 0.2) is 0 Å². The summed E-state index contributed by atoms with van der Waals surface area (Å²) in [6.07, 6.45) is 3.32. The van der Waals surface area contributed by atoms with Crippen molar-refractivity contribution in [1.82, 2.24) is 10.3 Å². The molecule has 106 valence electrons. The topological polar surface area (TPSA) is 24.9 Å². The number of benzene rings is 1. The van der Waals surface area contributed by atoms with Crippen molar-refractivity contribution in [3.8, 4) is 0 Å². The van der Waals surface area contributed by atoms with Gasteiger partial charge >= 0.3 is 0 Å². The minimum atomic E-state index is -0.304. The Bertz CT molecular complexity index is 539. The van der Waals surface area contributed by atoms with E-state index in [-0.39, 0.29) is 17.9 Å². The zero-order valence-corrected chi connectivity index (χ0v) is 12.7. The number of nitrogens with one attached hydrogen (secondary N) is 1. The Morgan fingerprint density at radius 1 is 1.05 bits per heavy atom. The van der Waals surface area contributed by atoms with Crippen molar-refractivity contribution in [2.75, 3.05) is 6.26 Å². The van der Waals surface area contributed by atoms with Gasteiger partial charge in [-0.2, -0.15) is 0 Å². The van der Waals surface area contributed by atoms with Crippen molar-refractivity contribution in [2.45, 2.75) is 30.8 Å². The summed E-state index contributed by atoms with van der Waals surface area (Å²) in [5, 5.41) is 3.48. The maximum Gasteiger partial charge on any atom is 0.141 e. The zero-order valence-electron chi connectivity index (χ0n) is 11.9. The number of hydrogen-bond acceptors (Lipinski definition) is 3. The van der Waals surface area contributed by atoms with Crippen LogP contribution in [0, 0.1) is 5.82 Å². The van der Waals surface area contributed by atoms with Gasteiger partial charge in [-0.15, -0.1) is 11.8 Å². The molecule has 2 unspecified atom stereocenters. The summed E-state index contributed by atoms with van der Waals surface area (Å²) >= 11 is 1.74. The average Bonchev–Trinajstić information content (AvgIpc) is 2.48. The summed E-state index contributed by atoms with van der Waals surface area (Å²) in [7, 11) is 0. The highest BCUT2D eigenvalue weighted by Crippen LogP contribution is 2.21. The standard InChI is InChI=1S/C16H19FN2S/c1-11(13-4-7-15(20-3)8-5-13)19-12(2)16-9-6-14(17)10-18-16/h4-12,19H,1-3H3. The molecule has 0 amide bonds. The van der Waals surface area contributed by atoms with E-state index in [0.717, 1.165) is 5.69 Å². The van der Waals surface area contributed by atoms with Crippen molar-refractivity contribution in [3.63, 3.8) is 0 Å². The molecule has 1 aromatic carbocycles. The molecule has 0 aliphatic carbocycles. The van der Waals surface area contributed by atoms with Gasteiger partial charge in [-0.3, -0.25) is 4.98 Å². The highest BCUT2D eigenvalue weighted by atomic mass is 32.2. The van der Waals surface area contributed by atoms with Gasteiger partial charge in [0.2, 0.25) is 0 Å². The van der Waals surface area contributed by atoms with Crippen LogP contribution < -0.4 is 5.32 Å². The Hall–Kier alpha value is -1.39. The van der Waals surface area contributed by atoms with E-state index in [1.165, 1.54) is 22.7 Å². The third-order valence-corrected chi connectivity index (χ3v) is 4.05. The van der Waals surface area contributed by atoms with Gasteiger partial charge < -0.3 is 5.32 Å². The van der Waals surface area contributed by atoms with E-state index in [1.807, 2.05) is 6.92 Å². The second-order valence-corrected chi connectivity index (χ2v) is 5.66. The molecule has 0 fully saturated rings. The van der Waals surface area contributed by atoms with Gasteiger partial charge in [0, 0.05) is 17.0 Å². The van der Waals surface area contributed by atoms with Crippen LogP contribution in [0.15, 0.2) is 47.5 Å². The van der Waals surface area contributed by atoms with Crippen molar-refractivity contribution in [2.24, 2.45) is 0 Å². The minimum Gasteiger partial charge on any atom is -0.302 e. The van der Waals surface area contributed by atoms with Gasteiger partial charge in [-0.05, 0) is 49.9 Å². The van der Waals surface area contributed by atoms with E-state index in [1.54, 1.807) is 17.8 Å². The molecule has 1 N–H and O–H groups in total. The van der Waals surface area contributed by atoms with Crippen LogP contribution in [0.5, 0.6) is 0 Å². The van der Waals surface area contributed by atoms with Gasteiger partial charge in [0.05, 0.1) is 11.9 Å². The second kappa shape index (κ2) is 6.86. The first-order chi connectivity index (χ1) is 9.60. The first-order valence-corrected chi connectivity index (χ1v) is 7.84. The van der Waals surface area contributed by atoms with Crippen LogP contribution in [-0.2, 0) is 0 Å². The fraction of sp³-hybridized carbons (Fsp3) is 0.312. The summed E-state index contributed by atoms with van der Waals surface area (Å²) in [5.74, 6) is -0.304. The van der Waals surface area contributed by atoms with E-state index in [9.17, 15) is 4.39 Å². The molecule has 0 aliphatic heterocycles. The van der Waals surface area contributed by atoms with E-state index >= 15 is 0 Å². The number of halogens is 1. The maximum atomic E-state index is 12.9. The van der Waals surface area contributed by atoms with Gasteiger partial charge in [-0.1, -0.05) is 12.1 Å². The Balaban J connectivity index is 2.02. The molecule has 20 heavy (non-hydrogen) atoms. The highest BCUT2D eigenvalue weighted by Gasteiger charge is 2.12. The number of thioether (sulfide) groups is 1. The molecule has 2 rings (SSSR count). The lowest BCUT2D eigenvalue weighted by Crippen LogP contribution is -2.23. The smallest absolute Gasteiger partial charge is 0.141 e. The molecular formula is C16H19FN2S. The summed E-state index contributed by atoms with van der Waals surface area (Å²) in [5.41, 5.74) is 2.08. The zero-order chi connectivity index (χ0) is 14.5. The van der Waals surface area contributed by atoms with Crippen LogP contribution in [0.25, 0.3) is 0 Å². The lowest BCUT2D eigenvalue weighted by molar-refractivity contribution is 0.484. The van der Waals surface area contributed by atoms with Gasteiger partial charge in [-0.25, -0.2) is 4.39 Å². The molecule has 0 bridgehead atoms. The Labute approximate surface area is 123 Å². The normalized spacial score (nSPS) is 14.0. The lowest BCUT2D eigenvalue weighted by atomic mass is 10.1. The molecule has 0 radical (unpaired) electrons.